The molecule has 0 unspecified atom stereocenters. The minimum absolute atomic E-state index is 0.0105. The van der Waals surface area contributed by atoms with Gasteiger partial charge in [0.1, 0.15) is 5.75 Å². The number of halogens is 1. The van der Waals surface area contributed by atoms with Gasteiger partial charge in [-0.25, -0.2) is 4.79 Å². The van der Waals surface area contributed by atoms with Crippen LogP contribution in [-0.2, 0) is 0 Å². The third kappa shape index (κ3) is 2.95. The highest BCUT2D eigenvalue weighted by Gasteiger charge is 2.12. The van der Waals surface area contributed by atoms with Crippen LogP contribution in [-0.4, -0.2) is 12.1 Å². The molecule has 4 nitrogen and oxygen atoms in total. The van der Waals surface area contributed by atoms with Crippen LogP contribution < -0.4 is 10.5 Å². The van der Waals surface area contributed by atoms with Gasteiger partial charge < -0.3 is 10.5 Å². The number of ether oxygens (including phenoxy) is 1. The van der Waals surface area contributed by atoms with Crippen molar-refractivity contribution >= 4 is 12.1 Å². The summed E-state index contributed by atoms with van der Waals surface area (Å²) in [4.78, 5) is 21.7. The van der Waals surface area contributed by atoms with Gasteiger partial charge >= 0.3 is 6.22 Å². The Morgan fingerprint density at radius 2 is 1.74 bits per heavy atom. The molecule has 0 heterocycles. The third-order valence-electron chi connectivity index (χ3n) is 2.54. The standard InChI is InChI=1S/C14H10FNO3/c15-14(18)19-10-6-7-11(13(16)17)12(8-10)9-4-2-1-3-5-9/h1-8H,(H2,16,17). The Hall–Kier alpha value is -2.69. The van der Waals surface area contributed by atoms with Crippen molar-refractivity contribution in [1.82, 2.24) is 0 Å². The molecular formula is C14H10FNO3. The maximum absolute atomic E-state index is 12.2. The highest BCUT2D eigenvalue weighted by Crippen LogP contribution is 2.28. The lowest BCUT2D eigenvalue weighted by Gasteiger charge is -2.09. The minimum atomic E-state index is -1.91. The van der Waals surface area contributed by atoms with Crippen LogP contribution in [0.5, 0.6) is 5.75 Å². The van der Waals surface area contributed by atoms with Crippen molar-refractivity contribution < 1.29 is 18.7 Å². The molecule has 0 fully saturated rings. The van der Waals surface area contributed by atoms with Crippen molar-refractivity contribution in [3.05, 3.63) is 54.1 Å². The van der Waals surface area contributed by atoms with Crippen LogP contribution in [0.1, 0.15) is 10.4 Å². The largest absolute Gasteiger partial charge is 0.500 e. The Labute approximate surface area is 108 Å². The van der Waals surface area contributed by atoms with E-state index in [0.717, 1.165) is 0 Å². The molecule has 0 atom stereocenters. The van der Waals surface area contributed by atoms with Gasteiger partial charge in [0.15, 0.2) is 0 Å². The molecule has 19 heavy (non-hydrogen) atoms. The fourth-order valence-electron chi connectivity index (χ4n) is 1.75. The van der Waals surface area contributed by atoms with E-state index >= 15 is 0 Å². The molecule has 0 saturated heterocycles. The van der Waals surface area contributed by atoms with E-state index in [0.29, 0.717) is 11.1 Å². The normalized spacial score (nSPS) is 9.95. The molecule has 0 aromatic heterocycles. The molecule has 0 aliphatic heterocycles. The fourth-order valence-corrected chi connectivity index (χ4v) is 1.75. The number of rotatable bonds is 3. The molecular weight excluding hydrogens is 249 g/mol. The maximum atomic E-state index is 12.2. The summed E-state index contributed by atoms with van der Waals surface area (Å²) in [5, 5.41) is 0. The predicted molar refractivity (Wildman–Crippen MR) is 67.5 cm³/mol. The first-order chi connectivity index (χ1) is 9.08. The molecule has 0 aliphatic rings. The zero-order valence-corrected chi connectivity index (χ0v) is 9.80. The van der Waals surface area contributed by atoms with Crippen molar-refractivity contribution in [1.29, 1.82) is 0 Å². The number of nitrogens with two attached hydrogens (primary N) is 1. The van der Waals surface area contributed by atoms with E-state index < -0.39 is 12.1 Å². The van der Waals surface area contributed by atoms with E-state index in [-0.39, 0.29) is 11.3 Å². The van der Waals surface area contributed by atoms with Crippen LogP contribution in [0.4, 0.5) is 9.18 Å². The zero-order valence-electron chi connectivity index (χ0n) is 9.80. The lowest BCUT2D eigenvalue weighted by Crippen LogP contribution is -2.12. The lowest BCUT2D eigenvalue weighted by molar-refractivity contribution is 0.100. The van der Waals surface area contributed by atoms with E-state index in [1.54, 1.807) is 24.3 Å². The number of carbonyl (C=O) groups excluding carboxylic acids is 2. The van der Waals surface area contributed by atoms with Gasteiger partial charge in [-0.1, -0.05) is 30.3 Å². The number of carbonyl (C=O) groups is 2. The van der Waals surface area contributed by atoms with Crippen LogP contribution in [0.2, 0.25) is 0 Å². The summed E-state index contributed by atoms with van der Waals surface area (Å²) in [6.07, 6.45) is -1.91. The summed E-state index contributed by atoms with van der Waals surface area (Å²) in [5.74, 6) is -0.603. The molecule has 2 rings (SSSR count). The molecule has 2 aromatic carbocycles. The summed E-state index contributed by atoms with van der Waals surface area (Å²) in [6.45, 7) is 0. The Kier molecular flexibility index (Phi) is 3.56. The molecule has 1 amide bonds. The maximum Gasteiger partial charge on any atom is 0.500 e. The SMILES string of the molecule is NC(=O)c1ccc(OC(=O)F)cc1-c1ccccc1. The Bertz CT molecular complexity index is 626. The van der Waals surface area contributed by atoms with Crippen LogP contribution in [0.3, 0.4) is 0 Å². The quantitative estimate of drug-likeness (QED) is 0.861. The van der Waals surface area contributed by atoms with Crippen molar-refractivity contribution in [2.75, 3.05) is 0 Å². The van der Waals surface area contributed by atoms with Gasteiger partial charge in [0.05, 0.1) is 0 Å². The number of hydrogen-bond acceptors (Lipinski definition) is 3. The first-order valence-corrected chi connectivity index (χ1v) is 5.44. The number of primary amides is 1. The molecule has 0 bridgehead atoms. The second kappa shape index (κ2) is 5.30. The van der Waals surface area contributed by atoms with Crippen molar-refractivity contribution in [2.24, 2.45) is 5.73 Å². The van der Waals surface area contributed by atoms with Gasteiger partial charge in [-0.3, -0.25) is 4.79 Å². The molecule has 0 saturated carbocycles. The third-order valence-corrected chi connectivity index (χ3v) is 2.54. The monoisotopic (exact) mass is 259 g/mol. The Morgan fingerprint density at radius 1 is 1.05 bits per heavy atom. The number of hydrogen-bond donors (Lipinski definition) is 1. The number of amides is 1. The first kappa shape index (κ1) is 12.8. The van der Waals surface area contributed by atoms with Gasteiger partial charge in [-0.05, 0) is 29.3 Å². The first-order valence-electron chi connectivity index (χ1n) is 5.44. The van der Waals surface area contributed by atoms with Gasteiger partial charge in [-0.2, -0.15) is 0 Å². The topological polar surface area (TPSA) is 69.4 Å². The predicted octanol–water partition coefficient (Wildman–Crippen LogP) is 2.92. The van der Waals surface area contributed by atoms with Gasteiger partial charge in [-0.15, -0.1) is 4.39 Å². The molecule has 2 N–H and O–H groups in total. The minimum Gasteiger partial charge on any atom is -0.401 e. The lowest BCUT2D eigenvalue weighted by atomic mass is 9.99. The van der Waals surface area contributed by atoms with Crippen LogP contribution in [0, 0.1) is 0 Å². The van der Waals surface area contributed by atoms with E-state index in [4.69, 9.17) is 5.73 Å². The van der Waals surface area contributed by atoms with Crippen LogP contribution >= 0.6 is 0 Å². The smallest absolute Gasteiger partial charge is 0.401 e. The summed E-state index contributed by atoms with van der Waals surface area (Å²) >= 11 is 0. The molecule has 0 spiro atoms. The van der Waals surface area contributed by atoms with E-state index in [9.17, 15) is 14.0 Å². The molecule has 96 valence electrons. The van der Waals surface area contributed by atoms with E-state index in [1.807, 2.05) is 6.07 Å². The van der Waals surface area contributed by atoms with Crippen LogP contribution in [0.15, 0.2) is 48.5 Å². The Morgan fingerprint density at radius 3 is 2.32 bits per heavy atom. The summed E-state index contributed by atoms with van der Waals surface area (Å²) < 4.78 is 16.6. The average molecular weight is 259 g/mol. The highest BCUT2D eigenvalue weighted by atomic mass is 19.1. The molecule has 0 radical (unpaired) electrons. The van der Waals surface area contributed by atoms with Crippen LogP contribution in [0.25, 0.3) is 11.1 Å². The number of benzene rings is 2. The zero-order chi connectivity index (χ0) is 13.8. The van der Waals surface area contributed by atoms with Crippen molar-refractivity contribution in [3.8, 4) is 16.9 Å². The fraction of sp³-hybridized carbons (Fsp3) is 0. The average Bonchev–Trinajstić information content (AvgIpc) is 2.38. The molecule has 2 aromatic rings. The molecule has 0 aliphatic carbocycles. The van der Waals surface area contributed by atoms with Gasteiger partial charge in [0.2, 0.25) is 5.91 Å². The highest BCUT2D eigenvalue weighted by molar-refractivity contribution is 6.00. The second-order valence-corrected chi connectivity index (χ2v) is 3.78. The van der Waals surface area contributed by atoms with Gasteiger partial charge in [0.25, 0.3) is 0 Å². The summed E-state index contributed by atoms with van der Waals surface area (Å²) in [7, 11) is 0. The van der Waals surface area contributed by atoms with E-state index in [2.05, 4.69) is 4.74 Å². The van der Waals surface area contributed by atoms with Crippen molar-refractivity contribution in [2.45, 2.75) is 0 Å². The van der Waals surface area contributed by atoms with Crippen molar-refractivity contribution in [3.63, 3.8) is 0 Å². The Balaban J connectivity index is 2.54. The second-order valence-electron chi connectivity index (χ2n) is 3.78. The van der Waals surface area contributed by atoms with Gasteiger partial charge in [0, 0.05) is 5.56 Å². The van der Waals surface area contributed by atoms with E-state index in [1.165, 1.54) is 18.2 Å². The molecule has 5 heteroatoms. The summed E-state index contributed by atoms with van der Waals surface area (Å²) in [5.41, 5.74) is 6.75. The summed E-state index contributed by atoms with van der Waals surface area (Å²) in [6, 6.07) is 13.0.